The van der Waals surface area contributed by atoms with Crippen molar-refractivity contribution in [3.05, 3.63) is 46.8 Å². The van der Waals surface area contributed by atoms with Crippen LogP contribution in [0.1, 0.15) is 31.2 Å². The number of benzene rings is 1. The number of sulfonamides is 1. The van der Waals surface area contributed by atoms with E-state index in [1.807, 2.05) is 6.92 Å². The lowest BCUT2D eigenvalue weighted by molar-refractivity contribution is 0.381. The van der Waals surface area contributed by atoms with Crippen LogP contribution in [0.4, 0.5) is 0 Å². The van der Waals surface area contributed by atoms with Crippen molar-refractivity contribution < 1.29 is 13.5 Å². The predicted octanol–water partition coefficient (Wildman–Crippen LogP) is 3.09. The molecule has 114 valence electrons. The van der Waals surface area contributed by atoms with Gasteiger partial charge in [-0.25, -0.2) is 13.1 Å². The molecular formula is C14H20N3O3S+. The minimum atomic E-state index is -3.45. The van der Waals surface area contributed by atoms with E-state index in [2.05, 4.69) is 9.70 Å². The van der Waals surface area contributed by atoms with E-state index in [4.69, 9.17) is 5.39 Å². The lowest BCUT2D eigenvalue weighted by atomic mass is 10.2. The van der Waals surface area contributed by atoms with E-state index in [9.17, 15) is 13.5 Å². The molecule has 0 unspecified atom stereocenters. The van der Waals surface area contributed by atoms with E-state index < -0.39 is 10.0 Å². The molecule has 0 spiro atoms. The number of aryl methyl sites for hydroxylation is 1. The summed E-state index contributed by atoms with van der Waals surface area (Å²) in [5.74, 6) is 0.0118. The van der Waals surface area contributed by atoms with Gasteiger partial charge >= 0.3 is 6.20 Å². The summed E-state index contributed by atoms with van der Waals surface area (Å²) in [5, 5.41) is 17.4. The molecule has 0 heterocycles. The third kappa shape index (κ3) is 6.38. The Kier molecular flexibility index (Phi) is 6.85. The van der Waals surface area contributed by atoms with Crippen molar-refractivity contribution in [2.24, 2.45) is 0 Å². The molecule has 1 rings (SSSR count). The van der Waals surface area contributed by atoms with Crippen molar-refractivity contribution in [3.63, 3.8) is 0 Å². The molecule has 6 nitrogen and oxygen atoms in total. The highest BCUT2D eigenvalue weighted by atomic mass is 32.2. The van der Waals surface area contributed by atoms with Crippen LogP contribution >= 0.6 is 0 Å². The summed E-state index contributed by atoms with van der Waals surface area (Å²) in [6, 6.07) is 6.68. The molecular weight excluding hydrogens is 290 g/mol. The summed E-state index contributed by atoms with van der Waals surface area (Å²) >= 11 is 0. The molecule has 0 atom stereocenters. The third-order valence-electron chi connectivity index (χ3n) is 2.94. The molecule has 1 aromatic carbocycles. The van der Waals surface area contributed by atoms with Crippen LogP contribution in [0.25, 0.3) is 4.98 Å². The van der Waals surface area contributed by atoms with Crippen LogP contribution < -0.4 is 4.72 Å². The van der Waals surface area contributed by atoms with E-state index in [0.29, 0.717) is 25.8 Å². The summed E-state index contributed by atoms with van der Waals surface area (Å²) in [4.78, 5) is 2.98. The van der Waals surface area contributed by atoms with Gasteiger partial charge in [0.15, 0.2) is 10.7 Å². The van der Waals surface area contributed by atoms with Crippen molar-refractivity contribution in [2.45, 2.75) is 37.5 Å². The summed E-state index contributed by atoms with van der Waals surface area (Å²) in [6.07, 6.45) is 3.54. The lowest BCUT2D eigenvalue weighted by Crippen LogP contribution is -2.24. The number of nitrogens with zero attached hydrogens (tertiary/aromatic N) is 2. The van der Waals surface area contributed by atoms with Gasteiger partial charge in [0.1, 0.15) is 0 Å². The molecule has 0 saturated carbocycles. The maximum Gasteiger partial charge on any atom is 0.387 e. The normalized spacial score (nSPS) is 12.1. The van der Waals surface area contributed by atoms with Gasteiger partial charge in [0, 0.05) is 13.0 Å². The highest BCUT2D eigenvalue weighted by molar-refractivity contribution is 7.89. The van der Waals surface area contributed by atoms with E-state index in [-0.39, 0.29) is 10.7 Å². The van der Waals surface area contributed by atoms with E-state index in [1.54, 1.807) is 24.3 Å². The zero-order chi connectivity index (χ0) is 15.7. The molecule has 2 N–H and O–H groups in total. The van der Waals surface area contributed by atoms with Gasteiger partial charge in [0.25, 0.3) is 0 Å². The highest BCUT2D eigenvalue weighted by Gasteiger charge is 2.12. The molecule has 0 aliphatic rings. The number of rotatable bonds is 8. The predicted molar refractivity (Wildman–Crippen MR) is 80.6 cm³/mol. The number of nitrogens with one attached hydrogen (secondary N) is 1. The van der Waals surface area contributed by atoms with Crippen LogP contribution in [0.2, 0.25) is 0 Å². The molecule has 1 aromatic rings. The van der Waals surface area contributed by atoms with Gasteiger partial charge < -0.3 is 5.11 Å². The van der Waals surface area contributed by atoms with Crippen molar-refractivity contribution in [2.75, 3.05) is 6.54 Å². The molecule has 0 bridgehead atoms. The van der Waals surface area contributed by atoms with E-state index in [1.165, 1.54) is 0 Å². The fourth-order valence-electron chi connectivity index (χ4n) is 1.75. The third-order valence-corrected chi connectivity index (χ3v) is 4.42. The van der Waals surface area contributed by atoms with Crippen molar-refractivity contribution >= 4 is 10.0 Å². The number of unbranched alkanes of at least 4 members (excludes halogenated alkanes) is 2. The van der Waals surface area contributed by atoms with Crippen LogP contribution in [-0.4, -0.2) is 20.1 Å². The number of hydrogen-bond acceptors (Lipinski definition) is 4. The first kappa shape index (κ1) is 17.1. The van der Waals surface area contributed by atoms with Crippen molar-refractivity contribution in [1.29, 1.82) is 5.39 Å². The zero-order valence-electron chi connectivity index (χ0n) is 12.0. The van der Waals surface area contributed by atoms with Crippen molar-refractivity contribution in [1.82, 2.24) is 4.72 Å². The Labute approximate surface area is 125 Å². The number of hydrogen-bond donors (Lipinski definition) is 2. The Morgan fingerprint density at radius 2 is 1.95 bits per heavy atom. The minimum absolute atomic E-state index is 0.0118. The second-order valence-corrected chi connectivity index (χ2v) is 6.52. The summed E-state index contributed by atoms with van der Waals surface area (Å²) in [5.41, 5.74) is 1.01. The zero-order valence-corrected chi connectivity index (χ0v) is 12.8. The summed E-state index contributed by atoms with van der Waals surface area (Å²) in [7, 11) is -3.45. The van der Waals surface area contributed by atoms with E-state index in [0.717, 1.165) is 18.2 Å². The molecule has 0 radical (unpaired) electrons. The average Bonchev–Trinajstić information content (AvgIpc) is 2.43. The van der Waals surface area contributed by atoms with Crippen LogP contribution in [-0.2, 0) is 10.0 Å². The molecule has 0 aliphatic carbocycles. The Morgan fingerprint density at radius 3 is 2.57 bits per heavy atom. The molecule has 7 heteroatoms. The second-order valence-electron chi connectivity index (χ2n) is 4.76. The Bertz CT molecular complexity index is 616. The molecule has 0 aromatic heterocycles. The first-order valence-corrected chi connectivity index (χ1v) is 8.22. The number of diazo groups is 1. The first-order chi connectivity index (χ1) is 9.95. The van der Waals surface area contributed by atoms with Crippen LogP contribution in [0.3, 0.4) is 0 Å². The number of aliphatic hydroxyl groups excluding tert-OH is 1. The lowest BCUT2D eigenvalue weighted by Gasteiger charge is -2.06. The molecule has 21 heavy (non-hydrogen) atoms. The molecule has 0 fully saturated rings. The SMILES string of the molecule is Cc1ccc(S(=O)(=O)NCCCCC/C(O)=C/[N+]#N)cc1. The summed E-state index contributed by atoms with van der Waals surface area (Å²) < 4.78 is 26.5. The van der Waals surface area contributed by atoms with Gasteiger partial charge in [-0.2, -0.15) is 0 Å². The quantitative estimate of drug-likeness (QED) is 0.438. The van der Waals surface area contributed by atoms with Gasteiger partial charge in [-0.3, -0.25) is 0 Å². The standard InChI is InChI=1S/C14H19N3O3S/c1-12-6-8-14(9-7-12)21(19,20)17-10-4-2-3-5-13(18)11-16-15/h6-9,11,17H,2-5,10H2,1H3/p+1/b13-11-. The maximum atomic E-state index is 12.0. The molecule has 0 saturated heterocycles. The molecule has 0 amide bonds. The number of allylic oxidation sites excluding steroid dienone is 1. The largest absolute Gasteiger partial charge is 0.505 e. The number of aliphatic hydroxyl groups is 1. The fourth-order valence-corrected chi connectivity index (χ4v) is 2.82. The summed E-state index contributed by atoms with van der Waals surface area (Å²) in [6.45, 7) is 2.25. The fraction of sp³-hybridized carbons (Fsp3) is 0.429. The van der Waals surface area contributed by atoms with Gasteiger partial charge in [0.05, 0.1) is 4.90 Å². The van der Waals surface area contributed by atoms with Crippen LogP contribution in [0, 0.1) is 12.3 Å². The van der Waals surface area contributed by atoms with Crippen LogP contribution in [0.5, 0.6) is 0 Å². The Morgan fingerprint density at radius 1 is 1.29 bits per heavy atom. The Hall–Kier alpha value is -1.91. The highest BCUT2D eigenvalue weighted by Crippen LogP contribution is 2.10. The minimum Gasteiger partial charge on any atom is -0.505 e. The topological polar surface area (TPSA) is 94.6 Å². The van der Waals surface area contributed by atoms with Gasteiger partial charge in [0.2, 0.25) is 15.4 Å². The Balaban J connectivity index is 2.31. The monoisotopic (exact) mass is 310 g/mol. The van der Waals surface area contributed by atoms with Gasteiger partial charge in [-0.15, -0.1) is 0 Å². The van der Waals surface area contributed by atoms with Gasteiger partial charge in [-0.05, 0) is 31.9 Å². The smallest absolute Gasteiger partial charge is 0.387 e. The van der Waals surface area contributed by atoms with E-state index >= 15 is 0 Å². The van der Waals surface area contributed by atoms with Gasteiger partial charge in [-0.1, -0.05) is 24.1 Å². The van der Waals surface area contributed by atoms with Crippen LogP contribution in [0.15, 0.2) is 41.1 Å². The molecule has 0 aliphatic heterocycles. The average molecular weight is 310 g/mol. The van der Waals surface area contributed by atoms with Crippen molar-refractivity contribution in [3.8, 4) is 0 Å². The second kappa shape index (κ2) is 8.39. The first-order valence-electron chi connectivity index (χ1n) is 6.74. The maximum absolute atomic E-state index is 12.0.